The van der Waals surface area contributed by atoms with Gasteiger partial charge in [-0.2, -0.15) is 0 Å². The highest BCUT2D eigenvalue weighted by atomic mass is 16.1. The summed E-state index contributed by atoms with van der Waals surface area (Å²) in [7, 11) is 0. The van der Waals surface area contributed by atoms with Crippen LogP contribution in [0.25, 0.3) is 0 Å². The minimum absolute atomic E-state index is 0.151. The van der Waals surface area contributed by atoms with Gasteiger partial charge in [-0.25, -0.2) is 0 Å². The van der Waals surface area contributed by atoms with Crippen molar-refractivity contribution in [2.24, 2.45) is 0 Å². The molecule has 1 rings (SSSR count). The van der Waals surface area contributed by atoms with Crippen molar-refractivity contribution in [2.45, 2.75) is 19.8 Å². The summed E-state index contributed by atoms with van der Waals surface area (Å²) in [5, 5.41) is 2.98. The smallest absolute Gasteiger partial charge is 0.152 e. The van der Waals surface area contributed by atoms with Crippen LogP contribution in [0.3, 0.4) is 0 Å². The average Bonchev–Trinajstić information content (AvgIpc) is 2.30. The molecule has 0 aromatic carbocycles. The molecule has 0 aliphatic rings. The van der Waals surface area contributed by atoms with Crippen LogP contribution in [0, 0.1) is 0 Å². The highest BCUT2D eigenvalue weighted by Gasteiger charge is 2.03. The summed E-state index contributed by atoms with van der Waals surface area (Å²) in [6.07, 6.45) is 4.94. The predicted molar refractivity (Wildman–Crippen MR) is 65.4 cm³/mol. The Morgan fingerprint density at radius 2 is 2.38 bits per heavy atom. The molecule has 16 heavy (non-hydrogen) atoms. The van der Waals surface area contributed by atoms with Crippen LogP contribution in [-0.2, 0) is 17.6 Å². The van der Waals surface area contributed by atoms with E-state index < -0.39 is 0 Å². The summed E-state index contributed by atoms with van der Waals surface area (Å²) in [6, 6.07) is 3.94. The van der Waals surface area contributed by atoms with Crippen LogP contribution in [0.1, 0.15) is 18.2 Å². The molecular formula is C13H18N2O. The molecule has 0 unspecified atom stereocenters. The highest BCUT2D eigenvalue weighted by molar-refractivity contribution is 5.82. The molecule has 86 valence electrons. The van der Waals surface area contributed by atoms with Crippen LogP contribution in [0.5, 0.6) is 0 Å². The van der Waals surface area contributed by atoms with E-state index in [1.54, 1.807) is 6.08 Å². The van der Waals surface area contributed by atoms with Gasteiger partial charge in [-0.1, -0.05) is 19.1 Å². The minimum atomic E-state index is 0.151. The van der Waals surface area contributed by atoms with Gasteiger partial charge in [0.15, 0.2) is 5.78 Å². The Morgan fingerprint density at radius 1 is 1.56 bits per heavy atom. The van der Waals surface area contributed by atoms with Gasteiger partial charge < -0.3 is 5.32 Å². The lowest BCUT2D eigenvalue weighted by molar-refractivity contribution is -0.117. The van der Waals surface area contributed by atoms with Crippen molar-refractivity contribution in [1.82, 2.24) is 10.3 Å². The third-order valence-electron chi connectivity index (χ3n) is 2.28. The minimum Gasteiger partial charge on any atom is -0.307 e. The zero-order valence-electron chi connectivity index (χ0n) is 9.70. The summed E-state index contributed by atoms with van der Waals surface area (Å²) in [4.78, 5) is 15.8. The van der Waals surface area contributed by atoms with Crippen LogP contribution in [0.2, 0.25) is 0 Å². The molecule has 0 aliphatic carbocycles. The van der Waals surface area contributed by atoms with Crippen molar-refractivity contribution in [3.63, 3.8) is 0 Å². The predicted octanol–water partition coefficient (Wildman–Crippen LogP) is 1.53. The summed E-state index contributed by atoms with van der Waals surface area (Å²) >= 11 is 0. The zero-order valence-corrected chi connectivity index (χ0v) is 9.70. The van der Waals surface area contributed by atoms with Gasteiger partial charge in [0.1, 0.15) is 0 Å². The number of hydrogen-bond acceptors (Lipinski definition) is 3. The number of carbonyl (C=O) groups excluding carboxylic acids is 1. The first-order valence-electron chi connectivity index (χ1n) is 5.53. The molecule has 0 fully saturated rings. The number of pyridine rings is 1. The Morgan fingerprint density at radius 3 is 2.94 bits per heavy atom. The first-order valence-corrected chi connectivity index (χ1v) is 5.53. The molecule has 3 heteroatoms. The molecule has 0 bridgehead atoms. The summed E-state index contributed by atoms with van der Waals surface area (Å²) in [6.45, 7) is 6.70. The number of rotatable bonds is 7. The quantitative estimate of drug-likeness (QED) is 0.557. The fourth-order valence-corrected chi connectivity index (χ4v) is 1.35. The number of nitrogens with zero attached hydrogens (tertiary/aromatic N) is 1. The maximum atomic E-state index is 11.5. The van der Waals surface area contributed by atoms with Crippen molar-refractivity contribution >= 4 is 5.78 Å². The molecule has 0 atom stereocenters. The van der Waals surface area contributed by atoms with Gasteiger partial charge in [-0.15, -0.1) is 6.58 Å². The van der Waals surface area contributed by atoms with Crippen molar-refractivity contribution in [3.05, 3.63) is 42.2 Å². The van der Waals surface area contributed by atoms with Crippen LogP contribution < -0.4 is 5.32 Å². The number of nitrogens with one attached hydrogen (secondary N) is 1. The number of aryl methyl sites for hydroxylation is 1. The van der Waals surface area contributed by atoms with E-state index in [0.717, 1.165) is 12.1 Å². The third-order valence-corrected chi connectivity index (χ3v) is 2.28. The van der Waals surface area contributed by atoms with Gasteiger partial charge in [0.2, 0.25) is 0 Å². The van der Waals surface area contributed by atoms with E-state index in [0.29, 0.717) is 19.5 Å². The van der Waals surface area contributed by atoms with Gasteiger partial charge in [-0.05, 0) is 18.1 Å². The normalized spacial score (nSPS) is 10.1. The van der Waals surface area contributed by atoms with Crippen LogP contribution >= 0.6 is 0 Å². The van der Waals surface area contributed by atoms with Crippen molar-refractivity contribution < 1.29 is 4.79 Å². The van der Waals surface area contributed by atoms with E-state index in [1.165, 1.54) is 5.56 Å². The molecule has 1 N–H and O–H groups in total. The van der Waals surface area contributed by atoms with Crippen LogP contribution in [0.4, 0.5) is 0 Å². The Labute approximate surface area is 96.6 Å². The lowest BCUT2D eigenvalue weighted by atomic mass is 10.1. The Kier molecular flexibility index (Phi) is 5.43. The Balaban J connectivity index is 2.40. The van der Waals surface area contributed by atoms with Gasteiger partial charge in [0, 0.05) is 18.4 Å². The molecule has 0 radical (unpaired) electrons. The SMILES string of the molecule is C=CCNCC(=O)Cc1ccc(CC)cn1. The van der Waals surface area contributed by atoms with Crippen molar-refractivity contribution in [3.8, 4) is 0 Å². The molecule has 0 spiro atoms. The summed E-state index contributed by atoms with van der Waals surface area (Å²) < 4.78 is 0. The zero-order chi connectivity index (χ0) is 11.8. The number of ketones is 1. The number of aromatic nitrogens is 1. The molecule has 1 aromatic rings. The van der Waals surface area contributed by atoms with E-state index in [1.807, 2.05) is 18.3 Å². The molecule has 1 heterocycles. The molecule has 0 saturated heterocycles. The van der Waals surface area contributed by atoms with E-state index in [9.17, 15) is 4.79 Å². The van der Waals surface area contributed by atoms with Gasteiger partial charge in [0.25, 0.3) is 0 Å². The fraction of sp³-hybridized carbons (Fsp3) is 0.385. The standard InChI is InChI=1S/C13H18N2O/c1-3-7-14-10-13(16)8-12-6-5-11(4-2)9-15-12/h3,5-6,9,14H,1,4,7-8,10H2,2H3. The van der Waals surface area contributed by atoms with Crippen LogP contribution in [0.15, 0.2) is 31.0 Å². The monoisotopic (exact) mass is 218 g/mol. The number of hydrogen-bond donors (Lipinski definition) is 1. The molecule has 0 saturated carbocycles. The maximum absolute atomic E-state index is 11.5. The van der Waals surface area contributed by atoms with E-state index >= 15 is 0 Å². The molecule has 0 amide bonds. The highest BCUT2D eigenvalue weighted by Crippen LogP contribution is 2.01. The fourth-order valence-electron chi connectivity index (χ4n) is 1.35. The Bertz CT molecular complexity index is 343. The van der Waals surface area contributed by atoms with E-state index in [-0.39, 0.29) is 5.78 Å². The van der Waals surface area contributed by atoms with E-state index in [2.05, 4.69) is 23.8 Å². The van der Waals surface area contributed by atoms with Crippen molar-refractivity contribution in [1.29, 1.82) is 0 Å². The lowest BCUT2D eigenvalue weighted by Gasteiger charge is -2.02. The molecular weight excluding hydrogens is 200 g/mol. The van der Waals surface area contributed by atoms with Crippen LogP contribution in [-0.4, -0.2) is 23.9 Å². The first kappa shape index (κ1) is 12.6. The van der Waals surface area contributed by atoms with Gasteiger partial charge in [-0.3, -0.25) is 9.78 Å². The largest absolute Gasteiger partial charge is 0.307 e. The third kappa shape index (κ3) is 4.36. The second-order valence-corrected chi connectivity index (χ2v) is 3.65. The number of Topliss-reactive ketones (excluding diaryl/α,β-unsaturated/α-hetero) is 1. The lowest BCUT2D eigenvalue weighted by Crippen LogP contribution is -2.24. The Hall–Kier alpha value is -1.48. The maximum Gasteiger partial charge on any atom is 0.152 e. The topological polar surface area (TPSA) is 42.0 Å². The molecule has 1 aromatic heterocycles. The summed E-state index contributed by atoms with van der Waals surface area (Å²) in [5.41, 5.74) is 2.03. The second kappa shape index (κ2) is 6.90. The molecule has 0 aliphatic heterocycles. The second-order valence-electron chi connectivity index (χ2n) is 3.65. The average molecular weight is 218 g/mol. The molecule has 3 nitrogen and oxygen atoms in total. The summed E-state index contributed by atoms with van der Waals surface area (Å²) in [5.74, 6) is 0.151. The van der Waals surface area contributed by atoms with E-state index in [4.69, 9.17) is 0 Å². The van der Waals surface area contributed by atoms with Crippen molar-refractivity contribution in [2.75, 3.05) is 13.1 Å². The first-order chi connectivity index (χ1) is 7.76. The van der Waals surface area contributed by atoms with Gasteiger partial charge in [0.05, 0.1) is 13.0 Å². The number of carbonyl (C=O) groups is 1. The van der Waals surface area contributed by atoms with Gasteiger partial charge >= 0.3 is 0 Å².